The Bertz CT molecular complexity index is 4180. The summed E-state index contributed by atoms with van der Waals surface area (Å²) in [7, 11) is 6.15. The van der Waals surface area contributed by atoms with Crippen molar-refractivity contribution in [2.45, 2.75) is 140 Å². The van der Waals surface area contributed by atoms with Gasteiger partial charge in [-0.15, -0.1) is 0 Å². The van der Waals surface area contributed by atoms with Gasteiger partial charge in [0, 0.05) is 98.9 Å². The summed E-state index contributed by atoms with van der Waals surface area (Å²) in [5.41, 5.74) is 5.25. The van der Waals surface area contributed by atoms with Crippen LogP contribution in [-0.2, 0) is 93.1 Å². The first-order chi connectivity index (χ1) is 46.6. The number of carbonyl (C=O) groups excluding carboxylic acids is 4. The van der Waals surface area contributed by atoms with Gasteiger partial charge in [-0.1, -0.05) is 13.8 Å². The third kappa shape index (κ3) is 20.6. The fourth-order valence-corrected chi connectivity index (χ4v) is 11.7. The number of methoxy groups -OCH3 is 2. The number of aryl methyl sites for hydroxylation is 4. The van der Waals surface area contributed by atoms with Crippen LogP contribution in [0.3, 0.4) is 0 Å². The van der Waals surface area contributed by atoms with E-state index >= 15 is 0 Å². The number of fused-ring (bicyclic) bond motifs is 2. The number of hydrogen-bond acceptors (Lipinski definition) is 15. The lowest BCUT2D eigenvalue weighted by atomic mass is 9.91. The molecule has 2 saturated carbocycles. The first kappa shape index (κ1) is 75.8. The van der Waals surface area contributed by atoms with Crippen LogP contribution < -0.4 is 32.3 Å². The number of aromatic nitrogens is 8. The molecule has 10 rings (SSSR count). The molecule has 2 aliphatic rings. The zero-order valence-electron chi connectivity index (χ0n) is 54.3. The second kappa shape index (κ2) is 32.3. The van der Waals surface area contributed by atoms with Gasteiger partial charge in [-0.25, -0.2) is 19.9 Å². The smallest absolute Gasteiger partial charge is 0.376 e. The minimum atomic E-state index is -4.95. The van der Waals surface area contributed by atoms with E-state index in [1.807, 2.05) is 38.1 Å². The summed E-state index contributed by atoms with van der Waals surface area (Å²) >= 11 is 4.81. The van der Waals surface area contributed by atoms with Crippen LogP contribution in [0.25, 0.3) is 44.3 Å². The summed E-state index contributed by atoms with van der Waals surface area (Å²) in [5.74, 6) is -0.950. The molecule has 33 heteroatoms. The second-order valence-electron chi connectivity index (χ2n) is 23.7. The molecule has 0 unspecified atom stereocenters. The molecule has 0 aliphatic heterocycles. The number of ether oxygens (including phenoxy) is 2. The highest BCUT2D eigenvalue weighted by Gasteiger charge is 2.39. The van der Waals surface area contributed by atoms with E-state index in [0.29, 0.717) is 72.5 Å². The molecule has 0 radical (unpaired) electrons. The number of amides is 3. The van der Waals surface area contributed by atoms with Crippen LogP contribution in [0.15, 0.2) is 85.2 Å². The molecule has 3 amide bonds. The largest absolute Gasteiger partial charge is 0.416 e. The molecule has 4 aromatic heterocycles. The molecular weight excluding hydrogens is 1350 g/mol. The monoisotopic (exact) mass is 1420 g/mol. The average Bonchev–Trinajstić information content (AvgIpc) is 1.78. The lowest BCUT2D eigenvalue weighted by Gasteiger charge is -2.29. The molecule has 0 bridgehead atoms. The van der Waals surface area contributed by atoms with Crippen molar-refractivity contribution >= 4 is 79.9 Å². The third-order valence-corrected chi connectivity index (χ3v) is 16.5. The summed E-state index contributed by atoms with van der Waals surface area (Å²) < 4.78 is 172. The van der Waals surface area contributed by atoms with Gasteiger partial charge in [0.1, 0.15) is 13.2 Å². The van der Waals surface area contributed by atoms with E-state index in [4.69, 9.17) is 32.0 Å². The number of alkyl halides is 12. The molecule has 0 saturated heterocycles. The van der Waals surface area contributed by atoms with Gasteiger partial charge >= 0.3 is 24.7 Å². The Balaban J connectivity index is 0.000000234. The number of benzene rings is 4. The maximum Gasteiger partial charge on any atom is 0.416 e. The Morgan fingerprint density at radius 2 is 0.919 bits per heavy atom. The highest BCUT2D eigenvalue weighted by Crippen LogP contribution is 2.40. The van der Waals surface area contributed by atoms with Crippen molar-refractivity contribution < 1.29 is 81.3 Å². The maximum absolute atomic E-state index is 13.5. The molecule has 20 nitrogen and oxygen atoms in total. The van der Waals surface area contributed by atoms with Crippen LogP contribution in [-0.4, -0.2) is 114 Å². The number of rotatable bonds is 19. The summed E-state index contributed by atoms with van der Waals surface area (Å²) in [6.07, 6.45) is -9.67. The van der Waals surface area contributed by atoms with Crippen molar-refractivity contribution in [3.05, 3.63) is 130 Å². The van der Waals surface area contributed by atoms with Crippen molar-refractivity contribution in [1.29, 1.82) is 0 Å². The van der Waals surface area contributed by atoms with Gasteiger partial charge in [-0.05, 0) is 159 Å². The van der Waals surface area contributed by atoms with E-state index in [-0.39, 0.29) is 54.9 Å². The van der Waals surface area contributed by atoms with Crippen LogP contribution in [0.1, 0.15) is 110 Å². The predicted octanol–water partition coefficient (Wildman–Crippen LogP) is 13.2. The summed E-state index contributed by atoms with van der Waals surface area (Å²) in [6.45, 7) is 4.00. The number of nitrogens with zero attached hydrogens (tertiary/aromatic N) is 8. The highest BCUT2D eigenvalue weighted by molar-refractivity contribution is 6.63. The quantitative estimate of drug-likeness (QED) is 0.0325. The van der Waals surface area contributed by atoms with Crippen LogP contribution in [0.5, 0.6) is 0 Å². The Kier molecular flexibility index (Phi) is 24.7. The first-order valence-electron chi connectivity index (χ1n) is 31.2. The number of nitrogens with one attached hydrogen (secondary N) is 5. The minimum Gasteiger partial charge on any atom is -0.376 e. The van der Waals surface area contributed by atoms with Gasteiger partial charge in [0.05, 0.1) is 57.5 Å². The standard InChI is InChI=1S/C33H35F6N7O3.C30H31F6N7O.C3H5ClO2/c1-4-18-11-20(12-21-16-40-31(44-30(18)21)42-24-8-6-23(7-9-24)41-29(48)17-49-3)26-15-27(45-46(26)2)43-28(47)14-19-13-22(32(34,35)36)5-10-25(19)33(37,38)39;1-3-16-10-18(11-19-15-38-28(41-27(16)19)39-22-7-5-21(37)6-8-22)24-14-25(42-43(24)2)40-26(44)13-17-12-20(29(31,32)33)4-9-23(17)30(34,35)36;1-6-2-3(4)5/h5,10-13,15-16,23-24H,4,6-9,14,17H2,1-3H3,(H,41,48)(H,40,42,44)(H,43,45,47);4,9-12,14-15,21-22H,3,5-8,13,37H2,1-2H3,(H,38,39,41)(H,40,42,44);2H2,1H3. The number of halogens is 13. The van der Waals surface area contributed by atoms with Gasteiger partial charge in [0.15, 0.2) is 11.6 Å². The van der Waals surface area contributed by atoms with E-state index in [0.717, 1.165) is 95.4 Å². The SMILES string of the molecule is CCc1cc(-c2cc(NC(=O)Cc3cc(C(F)(F)F)ccc3C(F)(F)F)nn2C)cc2cnc(NC3CCC(N)CC3)nc12.CCc1cc(-c2cc(NC(=O)Cc3cc(C(F)(F)F)ccc3C(F)(F)F)nn2C)cc2cnc(NC3CCC(NC(=O)COC)CC3)nc12.COCC(=O)Cl. The van der Waals surface area contributed by atoms with Gasteiger partial charge in [0.2, 0.25) is 34.9 Å². The zero-order chi connectivity index (χ0) is 72.3. The number of hydrogen-bond donors (Lipinski definition) is 6. The first-order valence-corrected chi connectivity index (χ1v) is 31.6. The highest BCUT2D eigenvalue weighted by atomic mass is 35.5. The summed E-state index contributed by atoms with van der Waals surface area (Å²) in [5, 5.41) is 24.2. The lowest BCUT2D eigenvalue weighted by molar-refractivity contribution is -0.142. The molecule has 4 aromatic carbocycles. The van der Waals surface area contributed by atoms with E-state index in [9.17, 15) is 71.9 Å². The Hall–Kier alpha value is -9.01. The Morgan fingerprint density at radius 3 is 1.27 bits per heavy atom. The maximum atomic E-state index is 13.5. The average molecular weight is 1420 g/mol. The third-order valence-electron chi connectivity index (χ3n) is 16.4. The number of nitrogens with two attached hydrogens (primary N) is 1. The lowest BCUT2D eigenvalue weighted by Crippen LogP contribution is -2.41. The summed E-state index contributed by atoms with van der Waals surface area (Å²) in [6, 6.07) is 13.4. The molecule has 7 N–H and O–H groups in total. The molecule has 2 fully saturated rings. The fraction of sp³-hybridized carbons (Fsp3) is 0.424. The van der Waals surface area contributed by atoms with Crippen LogP contribution >= 0.6 is 11.6 Å². The Morgan fingerprint density at radius 1 is 0.525 bits per heavy atom. The van der Waals surface area contributed by atoms with Crippen LogP contribution in [0.2, 0.25) is 0 Å². The van der Waals surface area contributed by atoms with E-state index in [1.165, 1.54) is 29.6 Å². The fourth-order valence-electron chi connectivity index (χ4n) is 11.6. The van der Waals surface area contributed by atoms with Gasteiger partial charge < -0.3 is 41.8 Å². The van der Waals surface area contributed by atoms with Crippen molar-refractivity contribution in [2.24, 2.45) is 19.8 Å². The molecule has 532 valence electrons. The van der Waals surface area contributed by atoms with Gasteiger partial charge in [0.25, 0.3) is 0 Å². The molecule has 0 spiro atoms. The zero-order valence-corrected chi connectivity index (χ0v) is 55.1. The molecule has 0 atom stereocenters. The van der Waals surface area contributed by atoms with Gasteiger partial charge in [-0.3, -0.25) is 28.5 Å². The molecule has 8 aromatic rings. The summed E-state index contributed by atoms with van der Waals surface area (Å²) in [4.78, 5) is 65.5. The number of carbonyl (C=O) groups is 4. The molecule has 99 heavy (non-hydrogen) atoms. The van der Waals surface area contributed by atoms with E-state index in [2.05, 4.69) is 51.5 Å². The van der Waals surface area contributed by atoms with Gasteiger partial charge in [-0.2, -0.15) is 62.9 Å². The molecule has 4 heterocycles. The van der Waals surface area contributed by atoms with Crippen LogP contribution in [0, 0.1) is 0 Å². The minimum absolute atomic E-state index is 0.00154. The van der Waals surface area contributed by atoms with Crippen molar-refractivity contribution in [2.75, 3.05) is 48.7 Å². The van der Waals surface area contributed by atoms with Crippen LogP contribution in [0.4, 0.5) is 76.2 Å². The molecular formula is C66H71ClF12N14O6. The second-order valence-corrected chi connectivity index (χ2v) is 24.2. The van der Waals surface area contributed by atoms with Crippen molar-refractivity contribution in [1.82, 2.24) is 44.8 Å². The Labute approximate surface area is 564 Å². The number of anilines is 4. The topological polar surface area (TPSA) is 260 Å². The van der Waals surface area contributed by atoms with Crippen molar-refractivity contribution in [3.63, 3.8) is 0 Å². The predicted molar refractivity (Wildman–Crippen MR) is 346 cm³/mol. The van der Waals surface area contributed by atoms with Crippen molar-refractivity contribution in [3.8, 4) is 22.5 Å². The van der Waals surface area contributed by atoms with E-state index in [1.54, 1.807) is 32.6 Å². The van der Waals surface area contributed by atoms with E-state index < -0.39 is 88.0 Å². The molecule has 2 aliphatic carbocycles. The normalized spacial score (nSPS) is 16.6.